The van der Waals surface area contributed by atoms with Gasteiger partial charge in [0.15, 0.2) is 22.1 Å². The molecular weight excluding hydrogens is 524 g/mol. The molecule has 1 atom stereocenters. The largest absolute Gasteiger partial charge is 0.497 e. The summed E-state index contributed by atoms with van der Waals surface area (Å²) in [7, 11) is 3.26. The Morgan fingerprint density at radius 3 is 2.68 bits per heavy atom. The van der Waals surface area contributed by atoms with Gasteiger partial charge in [-0.25, -0.2) is 19.7 Å². The molecule has 1 aliphatic heterocycles. The molecule has 1 aliphatic rings. The molecule has 3 N–H and O–H groups in total. The quantitative estimate of drug-likeness (QED) is 0.369. The molecule has 1 fully saturated rings. The van der Waals surface area contributed by atoms with E-state index >= 15 is 0 Å². The van der Waals surface area contributed by atoms with Crippen LogP contribution in [0.3, 0.4) is 0 Å². The highest BCUT2D eigenvalue weighted by molar-refractivity contribution is 7.99. The molecule has 1 aromatic carbocycles. The second-order valence-corrected chi connectivity index (χ2v) is 12.3. The van der Waals surface area contributed by atoms with Gasteiger partial charge in [-0.1, -0.05) is 0 Å². The molecule has 0 bridgehead atoms. The fourth-order valence-corrected chi connectivity index (χ4v) is 6.64. The van der Waals surface area contributed by atoms with Crippen LogP contribution < -0.4 is 20.5 Å². The van der Waals surface area contributed by atoms with Crippen LogP contribution in [0.25, 0.3) is 11.2 Å². The van der Waals surface area contributed by atoms with Gasteiger partial charge in [-0.05, 0) is 87.4 Å². The number of fused-ring (bicyclic) bond motifs is 1. The highest BCUT2D eigenvalue weighted by Crippen LogP contribution is 2.39. The third kappa shape index (κ3) is 6.96. The number of anilines is 1. The molecule has 2 aromatic heterocycles. The fraction of sp³-hybridized carbons (Fsp3) is 0.538. The first-order valence-corrected chi connectivity index (χ1v) is 14.6. The Balaban J connectivity index is 1.64. The summed E-state index contributed by atoms with van der Waals surface area (Å²) in [5, 5.41) is 3.87. The van der Waals surface area contributed by atoms with Gasteiger partial charge < -0.3 is 29.8 Å². The second-order valence-electron chi connectivity index (χ2n) is 10.1. The monoisotopic (exact) mass is 560 g/mol. The van der Waals surface area contributed by atoms with Crippen LogP contribution in [0, 0.1) is 5.92 Å². The van der Waals surface area contributed by atoms with Crippen molar-refractivity contribution in [1.82, 2.24) is 24.8 Å². The molecule has 38 heavy (non-hydrogen) atoms. The first kappa shape index (κ1) is 28.2. The number of nitrogens with one attached hydrogen (secondary N) is 1. The lowest BCUT2D eigenvalue weighted by Crippen LogP contribution is -2.44. The Bertz CT molecular complexity index is 1260. The van der Waals surface area contributed by atoms with Crippen LogP contribution in [0.4, 0.5) is 10.6 Å². The van der Waals surface area contributed by atoms with Crippen LogP contribution in [-0.4, -0.2) is 63.0 Å². The minimum absolute atomic E-state index is 0.0495. The zero-order valence-corrected chi connectivity index (χ0v) is 24.2. The fourth-order valence-electron chi connectivity index (χ4n) is 4.45. The van der Waals surface area contributed by atoms with E-state index in [1.54, 1.807) is 14.2 Å². The average Bonchev–Trinajstić information content (AvgIpc) is 3.24. The smallest absolute Gasteiger partial charge is 0.407 e. The number of carbonyl (C=O) groups is 1. The maximum atomic E-state index is 12.7. The maximum absolute atomic E-state index is 12.7. The molecule has 3 aromatic rings. The van der Waals surface area contributed by atoms with Crippen LogP contribution in [0.15, 0.2) is 34.6 Å². The summed E-state index contributed by atoms with van der Waals surface area (Å²) in [5.74, 6) is 4.29. The number of benzene rings is 1. The molecule has 1 saturated heterocycles. The van der Waals surface area contributed by atoms with Crippen molar-refractivity contribution in [2.75, 3.05) is 31.5 Å². The number of aryl methyl sites for hydroxylation is 1. The van der Waals surface area contributed by atoms with E-state index in [-0.39, 0.29) is 6.04 Å². The molecule has 0 aliphatic carbocycles. The van der Waals surface area contributed by atoms with Gasteiger partial charge in [0.1, 0.15) is 23.4 Å². The summed E-state index contributed by atoms with van der Waals surface area (Å²) in [4.78, 5) is 27.0. The molecule has 10 nitrogen and oxygen atoms in total. The number of aromatic nitrogens is 4. The standard InChI is InChI=1S/C26H36N6O4S2/c1-26(2,3)36-25(33)30-18(16-9-12-37-13-10-16)8-11-32-23-21(22(27)28-15-29-23)31-24(32)38-20-14-17(34-4)6-7-19(20)35-5/h6-7,14-16,18H,8-13H2,1-5H3,(H,30,33)(H2,27,28,29). The van der Waals surface area contributed by atoms with Crippen molar-refractivity contribution in [3.05, 3.63) is 24.5 Å². The normalized spacial score (nSPS) is 15.3. The number of methoxy groups -OCH3 is 2. The topological polar surface area (TPSA) is 126 Å². The maximum Gasteiger partial charge on any atom is 0.407 e. The minimum atomic E-state index is -0.564. The number of alkyl carbamates (subject to hydrolysis) is 1. The van der Waals surface area contributed by atoms with E-state index in [0.717, 1.165) is 29.2 Å². The molecule has 1 amide bonds. The number of thioether (sulfide) groups is 1. The van der Waals surface area contributed by atoms with Gasteiger partial charge in [-0.15, -0.1) is 0 Å². The first-order chi connectivity index (χ1) is 18.2. The molecule has 0 saturated carbocycles. The second kappa shape index (κ2) is 12.3. The van der Waals surface area contributed by atoms with Gasteiger partial charge in [0.2, 0.25) is 0 Å². The van der Waals surface area contributed by atoms with E-state index in [4.69, 9.17) is 24.9 Å². The molecule has 1 unspecified atom stereocenters. The highest BCUT2D eigenvalue weighted by Gasteiger charge is 2.28. The lowest BCUT2D eigenvalue weighted by molar-refractivity contribution is 0.0478. The van der Waals surface area contributed by atoms with Crippen molar-refractivity contribution in [2.45, 2.75) is 68.3 Å². The van der Waals surface area contributed by atoms with Gasteiger partial charge in [0, 0.05) is 12.6 Å². The lowest BCUT2D eigenvalue weighted by atomic mass is 9.91. The summed E-state index contributed by atoms with van der Waals surface area (Å²) in [6, 6.07) is 5.58. The van der Waals surface area contributed by atoms with Crippen LogP contribution >= 0.6 is 23.5 Å². The predicted molar refractivity (Wildman–Crippen MR) is 151 cm³/mol. The van der Waals surface area contributed by atoms with Crippen LogP contribution in [0.2, 0.25) is 0 Å². The first-order valence-electron chi connectivity index (χ1n) is 12.6. The van der Waals surface area contributed by atoms with E-state index in [2.05, 4.69) is 15.3 Å². The molecule has 4 rings (SSSR count). The highest BCUT2D eigenvalue weighted by atomic mass is 32.2. The summed E-state index contributed by atoms with van der Waals surface area (Å²) in [6.45, 7) is 6.19. The third-order valence-corrected chi connectivity index (χ3v) is 8.38. The summed E-state index contributed by atoms with van der Waals surface area (Å²) < 4.78 is 18.6. The Morgan fingerprint density at radius 1 is 1.24 bits per heavy atom. The molecule has 12 heteroatoms. The van der Waals surface area contributed by atoms with Crippen LogP contribution in [0.5, 0.6) is 11.5 Å². The Kier molecular flexibility index (Phi) is 9.14. The molecule has 3 heterocycles. The van der Waals surface area contributed by atoms with Crippen molar-refractivity contribution in [1.29, 1.82) is 0 Å². The van der Waals surface area contributed by atoms with E-state index < -0.39 is 11.7 Å². The SMILES string of the molecule is COc1ccc(OC)c(Sc2nc3c(N)ncnc3n2CCC(NC(=O)OC(C)(C)C)C2CCSCC2)c1. The van der Waals surface area contributed by atoms with Gasteiger partial charge in [0.05, 0.1) is 19.1 Å². The number of ether oxygens (including phenoxy) is 3. The summed E-state index contributed by atoms with van der Waals surface area (Å²) >= 11 is 3.41. The number of imidazole rings is 1. The van der Waals surface area contributed by atoms with Crippen LogP contribution in [-0.2, 0) is 11.3 Å². The number of nitrogens with two attached hydrogens (primary N) is 1. The lowest BCUT2D eigenvalue weighted by Gasteiger charge is -2.32. The van der Waals surface area contributed by atoms with Crippen molar-refractivity contribution in [2.24, 2.45) is 5.92 Å². The van der Waals surface area contributed by atoms with Crippen molar-refractivity contribution >= 4 is 46.6 Å². The minimum Gasteiger partial charge on any atom is -0.497 e. The molecular formula is C26H36N6O4S2. The predicted octanol–water partition coefficient (Wildman–Crippen LogP) is 5.00. The molecule has 0 radical (unpaired) electrons. The number of hydrogen-bond donors (Lipinski definition) is 2. The number of hydrogen-bond acceptors (Lipinski definition) is 10. The Morgan fingerprint density at radius 2 is 2.00 bits per heavy atom. The van der Waals surface area contributed by atoms with Gasteiger partial charge in [-0.3, -0.25) is 0 Å². The van der Waals surface area contributed by atoms with Gasteiger partial charge in [0.25, 0.3) is 0 Å². The Hall–Kier alpha value is -2.86. The van der Waals surface area contributed by atoms with Gasteiger partial charge in [-0.2, -0.15) is 11.8 Å². The number of rotatable bonds is 9. The molecule has 0 spiro atoms. The van der Waals surface area contributed by atoms with Crippen LogP contribution in [0.1, 0.15) is 40.0 Å². The van der Waals surface area contributed by atoms with Gasteiger partial charge >= 0.3 is 6.09 Å². The number of nitrogens with zero attached hydrogens (tertiary/aromatic N) is 4. The Labute approximate surface area is 231 Å². The zero-order valence-electron chi connectivity index (χ0n) is 22.5. The summed E-state index contributed by atoms with van der Waals surface area (Å²) in [5.41, 5.74) is 6.80. The average molecular weight is 561 g/mol. The van der Waals surface area contributed by atoms with Crippen molar-refractivity contribution in [3.8, 4) is 11.5 Å². The molecule has 206 valence electrons. The zero-order chi connectivity index (χ0) is 27.3. The van der Waals surface area contributed by atoms with E-state index in [1.165, 1.54) is 18.1 Å². The number of carbonyl (C=O) groups excluding carboxylic acids is 1. The number of nitrogen functional groups attached to an aromatic ring is 1. The third-order valence-electron chi connectivity index (χ3n) is 6.30. The summed E-state index contributed by atoms with van der Waals surface area (Å²) in [6.07, 6.45) is 3.84. The van der Waals surface area contributed by atoms with E-state index in [0.29, 0.717) is 52.5 Å². The van der Waals surface area contributed by atoms with Crippen molar-refractivity contribution < 1.29 is 19.0 Å². The number of amides is 1. The van der Waals surface area contributed by atoms with E-state index in [9.17, 15) is 4.79 Å². The van der Waals surface area contributed by atoms with E-state index in [1.807, 2.05) is 55.3 Å². The van der Waals surface area contributed by atoms with Crippen molar-refractivity contribution in [3.63, 3.8) is 0 Å².